The second-order valence-electron chi connectivity index (χ2n) is 9.12. The molecule has 0 amide bonds. The molecule has 0 aromatic heterocycles. The van der Waals surface area contributed by atoms with Crippen LogP contribution >= 0.6 is 0 Å². The Labute approximate surface area is 132 Å². The van der Waals surface area contributed by atoms with Gasteiger partial charge in [0.05, 0.1) is 5.76 Å². The highest BCUT2D eigenvalue weighted by molar-refractivity contribution is 6.74. The van der Waals surface area contributed by atoms with Gasteiger partial charge in [0.15, 0.2) is 0 Å². The molecular weight excluding hydrogens is 276 g/mol. The Kier molecular flexibility index (Phi) is 5.19. The summed E-state index contributed by atoms with van der Waals surface area (Å²) in [6, 6.07) is 0. The molecule has 0 radical (unpaired) electrons. The lowest BCUT2D eigenvalue weighted by Crippen LogP contribution is -2.41. The van der Waals surface area contributed by atoms with Crippen molar-refractivity contribution in [1.82, 2.24) is 0 Å². The third-order valence-corrected chi connectivity index (χ3v) is 9.44. The Hall–Kier alpha value is -0.573. The minimum Gasteiger partial charge on any atom is -0.546 e. The highest BCUT2D eigenvalue weighted by Crippen LogP contribution is 2.43. The van der Waals surface area contributed by atoms with Gasteiger partial charge in [0.1, 0.15) is 5.78 Å². The Morgan fingerprint density at radius 1 is 1.19 bits per heavy atom. The molecule has 0 aromatic carbocycles. The molecule has 0 heterocycles. The van der Waals surface area contributed by atoms with Crippen LogP contribution in [-0.4, -0.2) is 14.1 Å². The number of carbonyl (C=O) groups excluding carboxylic acids is 1. The van der Waals surface area contributed by atoms with Crippen molar-refractivity contribution < 1.29 is 9.22 Å². The first-order valence-electron chi connectivity index (χ1n) is 8.17. The molecule has 0 fully saturated rings. The first-order chi connectivity index (χ1) is 9.25. The summed E-state index contributed by atoms with van der Waals surface area (Å²) in [4.78, 5) is 12.4. The Bertz CT molecular complexity index is 433. The van der Waals surface area contributed by atoms with Crippen molar-refractivity contribution >= 4 is 14.1 Å². The van der Waals surface area contributed by atoms with Crippen molar-refractivity contribution in [3.05, 3.63) is 11.3 Å². The van der Waals surface area contributed by atoms with Crippen LogP contribution < -0.4 is 0 Å². The van der Waals surface area contributed by atoms with Crippen LogP contribution in [0.5, 0.6) is 0 Å². The fraction of sp³-hybridized carbons (Fsp3) is 0.833. The lowest BCUT2D eigenvalue weighted by atomic mass is 9.85. The predicted molar refractivity (Wildman–Crippen MR) is 92.8 cm³/mol. The van der Waals surface area contributed by atoms with Crippen LogP contribution in [0.25, 0.3) is 0 Å². The van der Waals surface area contributed by atoms with E-state index in [4.69, 9.17) is 4.43 Å². The van der Waals surface area contributed by atoms with Crippen molar-refractivity contribution in [2.75, 3.05) is 0 Å². The summed E-state index contributed by atoms with van der Waals surface area (Å²) < 4.78 is 6.57. The molecule has 1 atom stereocenters. The van der Waals surface area contributed by atoms with Gasteiger partial charge in [-0.05, 0) is 43.5 Å². The van der Waals surface area contributed by atoms with Gasteiger partial charge in [-0.2, -0.15) is 0 Å². The lowest BCUT2D eigenvalue weighted by Gasteiger charge is -2.38. The van der Waals surface area contributed by atoms with E-state index in [1.165, 1.54) is 5.57 Å². The molecule has 0 saturated carbocycles. The number of ketones is 1. The monoisotopic (exact) mass is 310 g/mol. The number of hydrogen-bond donors (Lipinski definition) is 0. The molecule has 21 heavy (non-hydrogen) atoms. The average Bonchev–Trinajstić information content (AvgIpc) is 2.58. The van der Waals surface area contributed by atoms with Gasteiger partial charge >= 0.3 is 0 Å². The summed E-state index contributed by atoms with van der Waals surface area (Å²) in [5.41, 5.74) is 1.10. The molecule has 0 aromatic rings. The third-order valence-electron chi connectivity index (χ3n) is 5.10. The summed E-state index contributed by atoms with van der Waals surface area (Å²) in [6.45, 7) is 19.6. The quantitative estimate of drug-likeness (QED) is 0.623. The first-order valence-corrected chi connectivity index (χ1v) is 11.1. The van der Waals surface area contributed by atoms with Crippen molar-refractivity contribution in [3.63, 3.8) is 0 Å². The van der Waals surface area contributed by atoms with Crippen molar-refractivity contribution in [3.8, 4) is 0 Å². The van der Waals surface area contributed by atoms with E-state index in [-0.39, 0.29) is 10.5 Å². The number of hydrogen-bond acceptors (Lipinski definition) is 2. The average molecular weight is 311 g/mol. The molecule has 1 unspecified atom stereocenters. The number of carbonyl (C=O) groups is 1. The summed E-state index contributed by atoms with van der Waals surface area (Å²) >= 11 is 0. The van der Waals surface area contributed by atoms with Gasteiger partial charge in [0, 0.05) is 17.8 Å². The summed E-state index contributed by atoms with van der Waals surface area (Å²) in [7, 11) is -1.82. The smallest absolute Gasteiger partial charge is 0.250 e. The highest BCUT2D eigenvalue weighted by atomic mass is 28.4. The highest BCUT2D eigenvalue weighted by Gasteiger charge is 2.42. The largest absolute Gasteiger partial charge is 0.546 e. The molecule has 0 bridgehead atoms. The molecule has 1 aliphatic carbocycles. The molecule has 0 saturated heterocycles. The van der Waals surface area contributed by atoms with Gasteiger partial charge in [-0.1, -0.05) is 41.5 Å². The maximum absolute atomic E-state index is 12.4. The lowest BCUT2D eigenvalue weighted by molar-refractivity contribution is -0.127. The van der Waals surface area contributed by atoms with Crippen LogP contribution in [0.15, 0.2) is 11.3 Å². The van der Waals surface area contributed by atoms with Crippen LogP contribution in [0.2, 0.25) is 18.1 Å². The normalized spacial score (nSPS) is 20.9. The molecule has 3 heteroatoms. The van der Waals surface area contributed by atoms with Gasteiger partial charge in [-0.3, -0.25) is 4.79 Å². The van der Waals surface area contributed by atoms with Gasteiger partial charge in [-0.25, -0.2) is 0 Å². The second kappa shape index (κ2) is 5.90. The zero-order valence-corrected chi connectivity index (χ0v) is 16.5. The standard InChI is InChI=1S/C18H34O2Si/c1-13-10-11-14(12-15(19)17(2,3)4)16(13)20-21(8,9)18(5,6)7/h14H,10-12H2,1-9H3. The molecule has 0 N–H and O–H groups in total. The molecule has 0 aliphatic heterocycles. The van der Waals surface area contributed by atoms with E-state index in [0.29, 0.717) is 18.1 Å². The van der Waals surface area contributed by atoms with E-state index in [1.807, 2.05) is 20.8 Å². The van der Waals surface area contributed by atoms with Crippen LogP contribution in [-0.2, 0) is 9.22 Å². The van der Waals surface area contributed by atoms with Crippen LogP contribution in [0.4, 0.5) is 0 Å². The number of allylic oxidation sites excluding steroid dienone is 2. The van der Waals surface area contributed by atoms with Gasteiger partial charge in [0.2, 0.25) is 8.32 Å². The Morgan fingerprint density at radius 2 is 1.71 bits per heavy atom. The SMILES string of the molecule is CC1=C(O[Si](C)(C)C(C)(C)C)C(CC(=O)C(C)(C)C)CC1. The van der Waals surface area contributed by atoms with Gasteiger partial charge in [0.25, 0.3) is 0 Å². The van der Waals surface area contributed by atoms with E-state index < -0.39 is 8.32 Å². The van der Waals surface area contributed by atoms with Gasteiger partial charge in [-0.15, -0.1) is 0 Å². The zero-order valence-electron chi connectivity index (χ0n) is 15.5. The summed E-state index contributed by atoms with van der Waals surface area (Å²) in [5, 5.41) is 0.196. The molecule has 2 nitrogen and oxygen atoms in total. The zero-order chi connectivity index (χ0) is 16.6. The maximum Gasteiger partial charge on any atom is 0.250 e. The summed E-state index contributed by atoms with van der Waals surface area (Å²) in [5.74, 6) is 1.78. The van der Waals surface area contributed by atoms with Crippen molar-refractivity contribution in [1.29, 1.82) is 0 Å². The van der Waals surface area contributed by atoms with Gasteiger partial charge < -0.3 is 4.43 Å². The van der Waals surface area contributed by atoms with E-state index >= 15 is 0 Å². The fourth-order valence-corrected chi connectivity index (χ4v) is 3.51. The first kappa shape index (κ1) is 18.5. The second-order valence-corrected chi connectivity index (χ2v) is 13.8. The molecule has 1 rings (SSSR count). The number of Topliss-reactive ketones (excluding diaryl/α,β-unsaturated/α-hetero) is 1. The molecule has 122 valence electrons. The van der Waals surface area contributed by atoms with E-state index in [1.54, 1.807) is 0 Å². The van der Waals surface area contributed by atoms with E-state index in [9.17, 15) is 4.79 Å². The molecular formula is C18H34O2Si. The minimum absolute atomic E-state index is 0.196. The predicted octanol–water partition coefficient (Wildman–Crippen LogP) is 5.70. The van der Waals surface area contributed by atoms with Crippen molar-refractivity contribution in [2.24, 2.45) is 11.3 Å². The Balaban J connectivity index is 2.89. The Morgan fingerprint density at radius 3 is 2.14 bits per heavy atom. The van der Waals surface area contributed by atoms with E-state index in [2.05, 4.69) is 40.8 Å². The minimum atomic E-state index is -1.82. The van der Waals surface area contributed by atoms with E-state index in [0.717, 1.165) is 18.6 Å². The topological polar surface area (TPSA) is 26.3 Å². The van der Waals surface area contributed by atoms with Crippen LogP contribution in [0, 0.1) is 11.3 Å². The van der Waals surface area contributed by atoms with Crippen LogP contribution in [0.3, 0.4) is 0 Å². The number of rotatable bonds is 4. The van der Waals surface area contributed by atoms with Crippen molar-refractivity contribution in [2.45, 2.75) is 85.9 Å². The maximum atomic E-state index is 12.4. The van der Waals surface area contributed by atoms with Crippen LogP contribution in [0.1, 0.15) is 67.7 Å². The summed E-state index contributed by atoms with van der Waals surface area (Å²) in [6.07, 6.45) is 2.77. The third kappa shape index (κ3) is 4.45. The molecule has 0 spiro atoms. The fourth-order valence-electron chi connectivity index (χ4n) is 2.32. The molecule has 1 aliphatic rings.